The van der Waals surface area contributed by atoms with E-state index in [1.54, 1.807) is 24.3 Å². The van der Waals surface area contributed by atoms with Crippen molar-refractivity contribution in [1.29, 1.82) is 5.41 Å². The van der Waals surface area contributed by atoms with E-state index >= 15 is 0 Å². The fourth-order valence-corrected chi connectivity index (χ4v) is 1.52. The van der Waals surface area contributed by atoms with Crippen LogP contribution in [-0.2, 0) is 17.8 Å². The predicted molar refractivity (Wildman–Crippen MR) is 50.3 cm³/mol. The highest BCUT2D eigenvalue weighted by molar-refractivity contribution is 8.04. The lowest BCUT2D eigenvalue weighted by molar-refractivity contribution is 0.282. The Kier molecular flexibility index (Phi) is 3.28. The smallest absolute Gasteiger partial charge is 0.125 e. The number of benzene rings is 1. The van der Waals surface area contributed by atoms with Gasteiger partial charge in [-0.25, -0.2) is 11.2 Å². The number of aliphatic hydroxyl groups is 1. The third kappa shape index (κ3) is 2.07. The molecule has 1 rings (SSSR count). The molecule has 0 atom stereocenters. The molecule has 2 N–H and O–H groups in total. The molecule has 1 aromatic carbocycles. The van der Waals surface area contributed by atoms with Crippen LogP contribution in [0.2, 0.25) is 0 Å². The van der Waals surface area contributed by atoms with Gasteiger partial charge in [-0.1, -0.05) is 12.1 Å². The van der Waals surface area contributed by atoms with Gasteiger partial charge in [0, 0.05) is 0 Å². The number of hydrogen-bond acceptors (Lipinski definition) is 3. The molecule has 0 fully saturated rings. The van der Waals surface area contributed by atoms with Crippen LogP contribution >= 0.6 is 0 Å². The molecule has 0 radical (unpaired) electrons. The molecule has 4 heteroatoms. The molecule has 1 aromatic rings. The predicted octanol–water partition coefficient (Wildman–Crippen LogP) is 0.358. The van der Waals surface area contributed by atoms with Gasteiger partial charge in [-0.15, -0.1) is 0 Å². The first kappa shape index (κ1) is 9.25. The Hall–Kier alpha value is -0.840. The van der Waals surface area contributed by atoms with E-state index in [9.17, 15) is 4.55 Å². The van der Waals surface area contributed by atoms with E-state index < -0.39 is 11.2 Å². The minimum atomic E-state index is -2.02. The SMILES string of the molecule is N=C[SH2+]([O-])c1ccc(CO)cc1. The van der Waals surface area contributed by atoms with Crippen LogP contribution in [0, 0.1) is 5.41 Å². The minimum absolute atomic E-state index is 0.00813. The lowest BCUT2D eigenvalue weighted by atomic mass is 10.2. The van der Waals surface area contributed by atoms with Crippen LogP contribution in [0.1, 0.15) is 5.56 Å². The van der Waals surface area contributed by atoms with E-state index in [1.807, 2.05) is 0 Å². The van der Waals surface area contributed by atoms with E-state index in [4.69, 9.17) is 10.5 Å². The zero-order valence-corrected chi connectivity index (χ0v) is 7.45. The largest absolute Gasteiger partial charge is 0.679 e. The number of rotatable bonds is 3. The summed E-state index contributed by atoms with van der Waals surface area (Å²) in [5.41, 5.74) is 1.75. The molecule has 0 saturated carbocycles. The highest BCUT2D eigenvalue weighted by Gasteiger charge is 1.96. The van der Waals surface area contributed by atoms with Crippen LogP contribution in [0.5, 0.6) is 0 Å². The standard InChI is InChI=1S/C8H11NO2S/c9-6-12(11)8-3-1-7(5-10)2-4-8/h1-4,6,9-10H,5,12H2. The van der Waals surface area contributed by atoms with Crippen LogP contribution in [0.25, 0.3) is 0 Å². The molecule has 0 aliphatic heterocycles. The van der Waals surface area contributed by atoms with Crippen molar-refractivity contribution in [2.45, 2.75) is 11.5 Å². The van der Waals surface area contributed by atoms with E-state index in [2.05, 4.69) is 0 Å². The highest BCUT2D eigenvalue weighted by atomic mass is 32.2. The van der Waals surface area contributed by atoms with Gasteiger partial charge >= 0.3 is 0 Å². The summed E-state index contributed by atoms with van der Waals surface area (Å²) in [6.45, 7) is -0.00813. The van der Waals surface area contributed by atoms with Gasteiger partial charge in [-0.2, -0.15) is 0 Å². The van der Waals surface area contributed by atoms with Crippen molar-refractivity contribution >= 4 is 16.7 Å². The molecule has 0 amide bonds. The van der Waals surface area contributed by atoms with Gasteiger partial charge in [-0.3, -0.25) is 5.41 Å². The quantitative estimate of drug-likeness (QED) is 0.405. The van der Waals surface area contributed by atoms with Gasteiger partial charge in [0.15, 0.2) is 0 Å². The van der Waals surface area contributed by atoms with Crippen LogP contribution < -0.4 is 0 Å². The maximum absolute atomic E-state index is 11.1. The van der Waals surface area contributed by atoms with Crippen LogP contribution in [0.4, 0.5) is 0 Å². The number of aliphatic hydroxyl groups excluding tert-OH is 1. The molecule has 0 unspecified atom stereocenters. The van der Waals surface area contributed by atoms with Crippen LogP contribution in [-0.4, -0.2) is 15.2 Å². The molecule has 0 aliphatic rings. The second-order valence-corrected chi connectivity index (χ2v) is 3.96. The Balaban J connectivity index is 2.84. The van der Waals surface area contributed by atoms with E-state index in [0.29, 0.717) is 4.90 Å². The van der Waals surface area contributed by atoms with Crippen LogP contribution in [0.3, 0.4) is 0 Å². The van der Waals surface area contributed by atoms with Crippen molar-refractivity contribution in [3.63, 3.8) is 0 Å². The molecule has 0 aromatic heterocycles. The van der Waals surface area contributed by atoms with E-state index in [-0.39, 0.29) is 6.61 Å². The average Bonchev–Trinajstić information content (AvgIpc) is 2.17. The topological polar surface area (TPSA) is 67.1 Å². The highest BCUT2D eigenvalue weighted by Crippen LogP contribution is 2.10. The Morgan fingerprint density at radius 2 is 2.00 bits per heavy atom. The number of hydrogen-bond donors (Lipinski definition) is 2. The third-order valence-electron chi connectivity index (χ3n) is 1.55. The van der Waals surface area contributed by atoms with E-state index in [0.717, 1.165) is 11.1 Å². The van der Waals surface area contributed by atoms with Crippen molar-refractivity contribution in [3.05, 3.63) is 29.8 Å². The van der Waals surface area contributed by atoms with Crippen molar-refractivity contribution in [2.24, 2.45) is 0 Å². The van der Waals surface area contributed by atoms with Crippen molar-refractivity contribution in [1.82, 2.24) is 0 Å². The van der Waals surface area contributed by atoms with Gasteiger partial charge in [-0.05, 0) is 17.7 Å². The van der Waals surface area contributed by atoms with Crippen molar-refractivity contribution in [3.8, 4) is 0 Å². The summed E-state index contributed by atoms with van der Waals surface area (Å²) in [6.07, 6.45) is 0. The first-order chi connectivity index (χ1) is 5.77. The minimum Gasteiger partial charge on any atom is -0.679 e. The van der Waals surface area contributed by atoms with E-state index in [1.165, 1.54) is 0 Å². The molecular weight excluding hydrogens is 174 g/mol. The zero-order chi connectivity index (χ0) is 8.97. The Bertz CT molecular complexity index is 260. The Morgan fingerprint density at radius 1 is 1.42 bits per heavy atom. The summed E-state index contributed by atoms with van der Waals surface area (Å²) in [4.78, 5) is 0.659. The lowest BCUT2D eigenvalue weighted by Crippen LogP contribution is -2.00. The monoisotopic (exact) mass is 185 g/mol. The zero-order valence-electron chi connectivity index (χ0n) is 6.45. The molecular formula is C8H11NO2S. The summed E-state index contributed by atoms with van der Waals surface area (Å²) in [5, 5.41) is 15.5. The molecule has 0 saturated heterocycles. The van der Waals surface area contributed by atoms with Gasteiger partial charge in [0.25, 0.3) is 0 Å². The van der Waals surface area contributed by atoms with Gasteiger partial charge < -0.3 is 9.66 Å². The van der Waals surface area contributed by atoms with Crippen LogP contribution in [0.15, 0.2) is 29.2 Å². The van der Waals surface area contributed by atoms with Crippen molar-refractivity contribution in [2.75, 3.05) is 0 Å². The summed E-state index contributed by atoms with van der Waals surface area (Å²) in [6, 6.07) is 6.78. The maximum Gasteiger partial charge on any atom is 0.125 e. The van der Waals surface area contributed by atoms with Gasteiger partial charge in [0.05, 0.1) is 11.5 Å². The molecule has 0 aliphatic carbocycles. The molecule has 66 valence electrons. The summed E-state index contributed by atoms with van der Waals surface area (Å²) in [5.74, 6) is 0. The van der Waals surface area contributed by atoms with Crippen molar-refractivity contribution < 1.29 is 9.66 Å². The Labute approximate surface area is 73.7 Å². The first-order valence-corrected chi connectivity index (χ1v) is 5.01. The lowest BCUT2D eigenvalue weighted by Gasteiger charge is -2.14. The maximum atomic E-state index is 11.1. The summed E-state index contributed by atoms with van der Waals surface area (Å²) >= 11 is -2.02. The summed E-state index contributed by atoms with van der Waals surface area (Å²) in [7, 11) is 0. The molecule has 0 spiro atoms. The fraction of sp³-hybridized carbons (Fsp3) is 0.125. The molecule has 3 nitrogen and oxygen atoms in total. The Morgan fingerprint density at radius 3 is 2.42 bits per heavy atom. The average molecular weight is 185 g/mol. The van der Waals surface area contributed by atoms with Gasteiger partial charge in [0.2, 0.25) is 0 Å². The summed E-state index contributed by atoms with van der Waals surface area (Å²) < 4.78 is 11.1. The molecule has 12 heavy (non-hydrogen) atoms. The first-order valence-electron chi connectivity index (χ1n) is 3.52. The second kappa shape index (κ2) is 4.25. The molecule has 0 heterocycles. The number of nitrogens with one attached hydrogen (secondary N) is 1. The third-order valence-corrected chi connectivity index (χ3v) is 2.72. The van der Waals surface area contributed by atoms with Gasteiger partial charge in [0.1, 0.15) is 5.55 Å². The fourth-order valence-electron chi connectivity index (χ4n) is 0.858. The normalized spacial score (nSPS) is 11.0. The molecule has 0 bridgehead atoms. The second-order valence-electron chi connectivity index (χ2n) is 2.36.